The number of aromatic nitrogens is 3. The van der Waals surface area contributed by atoms with Crippen molar-refractivity contribution >= 4 is 23.4 Å². The van der Waals surface area contributed by atoms with Gasteiger partial charge in [-0.1, -0.05) is 29.5 Å². The van der Waals surface area contributed by atoms with Gasteiger partial charge in [-0.15, -0.1) is 10.2 Å². The van der Waals surface area contributed by atoms with Crippen LogP contribution < -0.4 is 11.2 Å². The molecule has 1 aromatic carbocycles. The van der Waals surface area contributed by atoms with E-state index in [0.717, 1.165) is 28.5 Å². The summed E-state index contributed by atoms with van der Waals surface area (Å²) in [6, 6.07) is 3.87. The van der Waals surface area contributed by atoms with Gasteiger partial charge >= 0.3 is 6.18 Å². The van der Waals surface area contributed by atoms with E-state index in [0.29, 0.717) is 10.4 Å². The summed E-state index contributed by atoms with van der Waals surface area (Å²) in [5, 5.41) is 8.34. The molecule has 0 unspecified atom stereocenters. The topological polar surface area (TPSA) is 85.8 Å². The van der Waals surface area contributed by atoms with Crippen molar-refractivity contribution in [3.8, 4) is 0 Å². The smallest absolute Gasteiger partial charge is 0.335 e. The second kappa shape index (κ2) is 6.95. The SMILES string of the molecule is Cc1cc(C)c(NC(=O)[C@@H](C)Sc2nnc(C(F)(F)F)n2N)c(C)c1. The summed E-state index contributed by atoms with van der Waals surface area (Å²) >= 11 is 0.802. The Morgan fingerprint density at radius 1 is 1.24 bits per heavy atom. The van der Waals surface area contributed by atoms with Gasteiger partial charge in [0.15, 0.2) is 0 Å². The van der Waals surface area contributed by atoms with E-state index in [9.17, 15) is 18.0 Å². The van der Waals surface area contributed by atoms with E-state index in [1.165, 1.54) is 0 Å². The molecule has 0 saturated heterocycles. The Bertz CT molecular complexity index is 780. The molecule has 10 heteroatoms. The normalized spacial score (nSPS) is 12.9. The highest BCUT2D eigenvalue weighted by atomic mass is 32.2. The van der Waals surface area contributed by atoms with E-state index in [1.54, 1.807) is 6.92 Å². The standard InChI is InChI=1S/C15H18F3N5OS/c1-7-5-8(2)11(9(3)6-7)20-12(24)10(4)25-14-22-21-13(23(14)19)15(16,17)18/h5-6,10H,19H2,1-4H3,(H,20,24)/t10-/m1/s1. The largest absolute Gasteiger partial charge is 0.453 e. The van der Waals surface area contributed by atoms with Crippen molar-refractivity contribution < 1.29 is 18.0 Å². The quantitative estimate of drug-likeness (QED) is 0.635. The zero-order valence-corrected chi connectivity index (χ0v) is 14.9. The lowest BCUT2D eigenvalue weighted by molar-refractivity contribution is -0.146. The van der Waals surface area contributed by atoms with E-state index in [2.05, 4.69) is 15.5 Å². The lowest BCUT2D eigenvalue weighted by Gasteiger charge is -2.16. The van der Waals surface area contributed by atoms with Crippen LogP contribution in [0.3, 0.4) is 0 Å². The summed E-state index contributed by atoms with van der Waals surface area (Å²) in [6.45, 7) is 7.26. The second-order valence-electron chi connectivity index (χ2n) is 5.70. The number of nitrogens with zero attached hydrogens (tertiary/aromatic N) is 3. The molecule has 2 aromatic rings. The predicted molar refractivity (Wildman–Crippen MR) is 89.8 cm³/mol. The maximum absolute atomic E-state index is 12.7. The van der Waals surface area contributed by atoms with Gasteiger partial charge in [-0.05, 0) is 38.8 Å². The van der Waals surface area contributed by atoms with Crippen LogP contribution in [0.2, 0.25) is 0 Å². The molecule has 1 heterocycles. The summed E-state index contributed by atoms with van der Waals surface area (Å²) in [5.41, 5.74) is 3.58. The molecule has 1 atom stereocenters. The molecule has 0 radical (unpaired) electrons. The van der Waals surface area contributed by atoms with E-state index < -0.39 is 17.3 Å². The van der Waals surface area contributed by atoms with Crippen molar-refractivity contribution in [1.29, 1.82) is 0 Å². The maximum atomic E-state index is 12.7. The molecule has 1 aromatic heterocycles. The van der Waals surface area contributed by atoms with Crippen molar-refractivity contribution in [1.82, 2.24) is 14.9 Å². The average molecular weight is 373 g/mol. The average Bonchev–Trinajstić information content (AvgIpc) is 2.83. The number of rotatable bonds is 4. The van der Waals surface area contributed by atoms with Crippen molar-refractivity contribution in [3.63, 3.8) is 0 Å². The molecular weight excluding hydrogens is 355 g/mol. The number of carbonyl (C=O) groups excluding carboxylic acids is 1. The van der Waals surface area contributed by atoms with Crippen molar-refractivity contribution in [2.24, 2.45) is 0 Å². The predicted octanol–water partition coefficient (Wildman–Crippen LogP) is 3.06. The molecule has 25 heavy (non-hydrogen) atoms. The Morgan fingerprint density at radius 2 is 1.80 bits per heavy atom. The molecule has 2 rings (SSSR count). The van der Waals surface area contributed by atoms with Crippen molar-refractivity contribution in [3.05, 3.63) is 34.6 Å². The lowest BCUT2D eigenvalue weighted by Crippen LogP contribution is -2.25. The van der Waals surface area contributed by atoms with Crippen LogP contribution in [-0.4, -0.2) is 26.0 Å². The number of anilines is 1. The Kier molecular flexibility index (Phi) is 5.31. The highest BCUT2D eigenvalue weighted by Gasteiger charge is 2.38. The molecular formula is C15H18F3N5OS. The zero-order chi connectivity index (χ0) is 18.9. The van der Waals surface area contributed by atoms with Crippen LogP contribution in [0.1, 0.15) is 29.4 Å². The third-order valence-corrected chi connectivity index (χ3v) is 4.55. The molecule has 0 spiro atoms. The van der Waals surface area contributed by atoms with E-state index in [1.807, 2.05) is 32.9 Å². The van der Waals surface area contributed by atoms with E-state index in [-0.39, 0.29) is 11.1 Å². The van der Waals surface area contributed by atoms with E-state index in [4.69, 9.17) is 5.84 Å². The molecule has 1 amide bonds. The maximum Gasteiger partial charge on any atom is 0.453 e. The minimum atomic E-state index is -4.71. The van der Waals surface area contributed by atoms with E-state index >= 15 is 0 Å². The van der Waals surface area contributed by atoms with Crippen LogP contribution in [0.25, 0.3) is 0 Å². The number of alkyl halides is 3. The highest BCUT2D eigenvalue weighted by Crippen LogP contribution is 2.30. The van der Waals surface area contributed by atoms with Crippen LogP contribution in [0.15, 0.2) is 17.3 Å². The number of thioether (sulfide) groups is 1. The minimum Gasteiger partial charge on any atom is -0.335 e. The van der Waals surface area contributed by atoms with Gasteiger partial charge in [0, 0.05) is 5.69 Å². The Hall–Kier alpha value is -2.23. The molecule has 3 N–H and O–H groups in total. The van der Waals surface area contributed by atoms with Gasteiger partial charge in [0.2, 0.25) is 11.1 Å². The summed E-state index contributed by atoms with van der Waals surface area (Å²) in [4.78, 5) is 12.4. The van der Waals surface area contributed by atoms with Crippen molar-refractivity contribution in [2.75, 3.05) is 11.2 Å². The number of benzene rings is 1. The molecule has 6 nitrogen and oxygen atoms in total. The van der Waals surface area contributed by atoms with Crippen LogP contribution in [0.5, 0.6) is 0 Å². The number of nitrogens with one attached hydrogen (secondary N) is 1. The molecule has 0 fully saturated rings. The van der Waals surface area contributed by atoms with Gasteiger partial charge in [0.05, 0.1) is 5.25 Å². The van der Waals surface area contributed by atoms with Crippen LogP contribution >= 0.6 is 11.8 Å². The number of hydrogen-bond acceptors (Lipinski definition) is 5. The summed E-state index contributed by atoms with van der Waals surface area (Å²) in [5.74, 6) is 3.70. The molecule has 0 saturated carbocycles. The van der Waals surface area contributed by atoms with Gasteiger partial charge in [-0.3, -0.25) is 4.79 Å². The molecule has 0 aliphatic carbocycles. The first-order valence-corrected chi connectivity index (χ1v) is 8.21. The van der Waals surface area contributed by atoms with Gasteiger partial charge in [-0.2, -0.15) is 13.2 Å². The van der Waals surface area contributed by atoms with Gasteiger partial charge in [0.1, 0.15) is 0 Å². The van der Waals surface area contributed by atoms with Gasteiger partial charge in [-0.25, -0.2) is 4.68 Å². The Balaban J connectivity index is 2.13. The zero-order valence-electron chi connectivity index (χ0n) is 14.1. The second-order valence-corrected chi connectivity index (χ2v) is 7.00. The first kappa shape index (κ1) is 19.1. The van der Waals surface area contributed by atoms with Crippen LogP contribution in [0, 0.1) is 20.8 Å². The fourth-order valence-corrected chi connectivity index (χ4v) is 3.13. The number of nitrogens with two attached hydrogens (primary N) is 1. The summed E-state index contributed by atoms with van der Waals surface area (Å²) in [7, 11) is 0. The van der Waals surface area contributed by atoms with Gasteiger partial charge < -0.3 is 11.2 Å². The first-order valence-electron chi connectivity index (χ1n) is 7.33. The monoisotopic (exact) mass is 373 g/mol. The molecule has 0 aliphatic rings. The lowest BCUT2D eigenvalue weighted by atomic mass is 10.1. The number of halogens is 3. The number of carbonyl (C=O) groups is 1. The van der Waals surface area contributed by atoms with Gasteiger partial charge in [0.25, 0.3) is 5.82 Å². The van der Waals surface area contributed by atoms with Crippen LogP contribution in [-0.2, 0) is 11.0 Å². The minimum absolute atomic E-state index is 0.188. The summed E-state index contributed by atoms with van der Waals surface area (Å²) in [6.07, 6.45) is -4.71. The Morgan fingerprint density at radius 3 is 2.28 bits per heavy atom. The summed E-state index contributed by atoms with van der Waals surface area (Å²) < 4.78 is 38.4. The van der Waals surface area contributed by atoms with Crippen molar-refractivity contribution in [2.45, 2.75) is 44.3 Å². The molecule has 0 bridgehead atoms. The first-order chi connectivity index (χ1) is 11.5. The fourth-order valence-electron chi connectivity index (χ4n) is 2.36. The number of aryl methyl sites for hydroxylation is 3. The number of amides is 1. The number of nitrogen functional groups attached to an aromatic ring is 1. The Labute approximate surface area is 147 Å². The van der Waals surface area contributed by atoms with Crippen LogP contribution in [0.4, 0.5) is 18.9 Å². The molecule has 0 aliphatic heterocycles. The third-order valence-electron chi connectivity index (χ3n) is 3.49. The highest BCUT2D eigenvalue weighted by molar-refractivity contribution is 8.00. The molecule has 136 valence electrons. The number of hydrogen-bond donors (Lipinski definition) is 2. The fraction of sp³-hybridized carbons (Fsp3) is 0.400. The third kappa shape index (κ3) is 4.25.